The van der Waals surface area contributed by atoms with Crippen molar-refractivity contribution < 1.29 is 4.74 Å². The standard InChI is InChI=1S/C13H15ClN2O/c1-9(8-15-2)17-12-6-5-11(14)10-4-3-7-16-13(10)12/h3-7,9,15H,8H2,1-2H3. The van der Waals surface area contributed by atoms with Crippen molar-refractivity contribution in [1.29, 1.82) is 0 Å². The smallest absolute Gasteiger partial charge is 0.146 e. The molecule has 2 aromatic rings. The van der Waals surface area contributed by atoms with E-state index in [0.717, 1.165) is 23.2 Å². The van der Waals surface area contributed by atoms with Gasteiger partial charge in [-0.3, -0.25) is 4.98 Å². The largest absolute Gasteiger partial charge is 0.487 e. The zero-order valence-electron chi connectivity index (χ0n) is 9.90. The summed E-state index contributed by atoms with van der Waals surface area (Å²) in [5.41, 5.74) is 0.808. The molecule has 0 fully saturated rings. The van der Waals surface area contributed by atoms with Gasteiger partial charge in [-0.15, -0.1) is 0 Å². The normalized spacial score (nSPS) is 12.6. The summed E-state index contributed by atoms with van der Waals surface area (Å²) in [7, 11) is 1.90. The van der Waals surface area contributed by atoms with Crippen LogP contribution in [0.4, 0.5) is 0 Å². The third-order valence-electron chi connectivity index (χ3n) is 2.50. The first-order chi connectivity index (χ1) is 8.22. The average Bonchev–Trinajstić information content (AvgIpc) is 2.34. The lowest BCUT2D eigenvalue weighted by atomic mass is 10.2. The van der Waals surface area contributed by atoms with Gasteiger partial charge in [0.1, 0.15) is 17.4 Å². The number of benzene rings is 1. The molecule has 0 radical (unpaired) electrons. The van der Waals surface area contributed by atoms with Gasteiger partial charge in [0.2, 0.25) is 0 Å². The van der Waals surface area contributed by atoms with Crippen molar-refractivity contribution in [1.82, 2.24) is 10.3 Å². The van der Waals surface area contributed by atoms with E-state index < -0.39 is 0 Å². The molecule has 1 unspecified atom stereocenters. The second kappa shape index (κ2) is 5.34. The molecule has 0 aliphatic carbocycles. The number of pyridine rings is 1. The molecule has 0 saturated heterocycles. The minimum atomic E-state index is 0.0892. The molecule has 0 spiro atoms. The van der Waals surface area contributed by atoms with E-state index in [9.17, 15) is 0 Å². The van der Waals surface area contributed by atoms with E-state index in [-0.39, 0.29) is 6.10 Å². The predicted molar refractivity (Wildman–Crippen MR) is 70.8 cm³/mol. The van der Waals surface area contributed by atoms with Gasteiger partial charge in [0.15, 0.2) is 0 Å². The highest BCUT2D eigenvalue weighted by atomic mass is 35.5. The summed E-state index contributed by atoms with van der Waals surface area (Å²) in [4.78, 5) is 4.33. The lowest BCUT2D eigenvalue weighted by Gasteiger charge is -2.15. The maximum atomic E-state index is 6.12. The number of ether oxygens (including phenoxy) is 1. The number of nitrogens with zero attached hydrogens (tertiary/aromatic N) is 1. The fourth-order valence-corrected chi connectivity index (χ4v) is 1.97. The molecule has 1 N–H and O–H groups in total. The van der Waals surface area contributed by atoms with Crippen molar-refractivity contribution in [2.45, 2.75) is 13.0 Å². The Morgan fingerprint density at radius 3 is 3.00 bits per heavy atom. The molecule has 0 aliphatic rings. The van der Waals surface area contributed by atoms with Gasteiger partial charge in [-0.25, -0.2) is 0 Å². The average molecular weight is 251 g/mol. The molecular weight excluding hydrogens is 236 g/mol. The highest BCUT2D eigenvalue weighted by molar-refractivity contribution is 6.35. The van der Waals surface area contributed by atoms with Crippen molar-refractivity contribution in [2.24, 2.45) is 0 Å². The van der Waals surface area contributed by atoms with Crippen LogP contribution < -0.4 is 10.1 Å². The minimum absolute atomic E-state index is 0.0892. The maximum absolute atomic E-state index is 6.12. The van der Waals surface area contributed by atoms with E-state index in [2.05, 4.69) is 10.3 Å². The van der Waals surface area contributed by atoms with Gasteiger partial charge in [-0.05, 0) is 38.2 Å². The third-order valence-corrected chi connectivity index (χ3v) is 2.83. The van der Waals surface area contributed by atoms with Crippen molar-refractivity contribution in [3.05, 3.63) is 35.5 Å². The van der Waals surface area contributed by atoms with E-state index in [4.69, 9.17) is 16.3 Å². The van der Waals surface area contributed by atoms with Crippen LogP contribution in [0.25, 0.3) is 10.9 Å². The molecule has 90 valence electrons. The van der Waals surface area contributed by atoms with Gasteiger partial charge in [0, 0.05) is 18.1 Å². The first kappa shape index (κ1) is 12.1. The second-order valence-corrected chi connectivity index (χ2v) is 4.34. The first-order valence-corrected chi connectivity index (χ1v) is 5.94. The Bertz CT molecular complexity index is 516. The van der Waals surface area contributed by atoms with Crippen molar-refractivity contribution >= 4 is 22.5 Å². The van der Waals surface area contributed by atoms with Crippen LogP contribution >= 0.6 is 11.6 Å². The van der Waals surface area contributed by atoms with Crippen molar-refractivity contribution in [3.63, 3.8) is 0 Å². The summed E-state index contributed by atoms with van der Waals surface area (Å²) in [6.45, 7) is 2.80. The molecule has 1 aromatic heterocycles. The zero-order chi connectivity index (χ0) is 12.3. The summed E-state index contributed by atoms with van der Waals surface area (Å²) >= 11 is 6.12. The summed E-state index contributed by atoms with van der Waals surface area (Å²) in [6.07, 6.45) is 1.83. The number of fused-ring (bicyclic) bond motifs is 1. The Kier molecular flexibility index (Phi) is 3.82. The highest BCUT2D eigenvalue weighted by Gasteiger charge is 2.09. The van der Waals surface area contributed by atoms with Crippen LogP contribution in [0.3, 0.4) is 0 Å². The SMILES string of the molecule is CNCC(C)Oc1ccc(Cl)c2cccnc12. The van der Waals surface area contributed by atoms with Gasteiger partial charge in [-0.2, -0.15) is 0 Å². The van der Waals surface area contributed by atoms with Crippen molar-refractivity contribution in [3.8, 4) is 5.75 Å². The summed E-state index contributed by atoms with van der Waals surface area (Å²) < 4.78 is 5.84. The number of nitrogens with one attached hydrogen (secondary N) is 1. The molecule has 1 atom stereocenters. The number of hydrogen-bond donors (Lipinski definition) is 1. The van der Waals surface area contributed by atoms with Gasteiger partial charge >= 0.3 is 0 Å². The Morgan fingerprint density at radius 1 is 1.41 bits per heavy atom. The Labute approximate surface area is 106 Å². The van der Waals surface area contributed by atoms with Crippen LogP contribution in [0.15, 0.2) is 30.5 Å². The van der Waals surface area contributed by atoms with E-state index in [1.807, 2.05) is 38.2 Å². The fourth-order valence-electron chi connectivity index (χ4n) is 1.75. The molecule has 1 aromatic carbocycles. The van der Waals surface area contributed by atoms with E-state index in [0.29, 0.717) is 5.02 Å². The molecule has 0 amide bonds. The topological polar surface area (TPSA) is 34.1 Å². The Morgan fingerprint density at radius 2 is 2.24 bits per heavy atom. The highest BCUT2D eigenvalue weighted by Crippen LogP contribution is 2.29. The maximum Gasteiger partial charge on any atom is 0.146 e. The molecule has 2 rings (SSSR count). The first-order valence-electron chi connectivity index (χ1n) is 5.57. The minimum Gasteiger partial charge on any atom is -0.487 e. The van der Waals surface area contributed by atoms with Crippen LogP contribution in [-0.4, -0.2) is 24.7 Å². The van der Waals surface area contributed by atoms with Crippen molar-refractivity contribution in [2.75, 3.05) is 13.6 Å². The van der Waals surface area contributed by atoms with E-state index in [1.165, 1.54) is 0 Å². The fraction of sp³-hybridized carbons (Fsp3) is 0.308. The molecule has 17 heavy (non-hydrogen) atoms. The van der Waals surface area contributed by atoms with Gasteiger partial charge in [0.05, 0.1) is 5.02 Å². The molecular formula is C13H15ClN2O. The number of hydrogen-bond acceptors (Lipinski definition) is 3. The van der Waals surface area contributed by atoms with E-state index in [1.54, 1.807) is 6.20 Å². The lowest BCUT2D eigenvalue weighted by Crippen LogP contribution is -2.26. The number of rotatable bonds is 4. The zero-order valence-corrected chi connectivity index (χ0v) is 10.7. The predicted octanol–water partition coefficient (Wildman–Crippen LogP) is 2.87. The molecule has 4 heteroatoms. The van der Waals surface area contributed by atoms with E-state index >= 15 is 0 Å². The van der Waals surface area contributed by atoms with Gasteiger partial charge in [-0.1, -0.05) is 11.6 Å². The van der Waals surface area contributed by atoms with Crippen LogP contribution in [0.2, 0.25) is 5.02 Å². The monoisotopic (exact) mass is 250 g/mol. The lowest BCUT2D eigenvalue weighted by molar-refractivity contribution is 0.223. The summed E-state index contributed by atoms with van der Waals surface area (Å²) in [5.74, 6) is 0.771. The quantitative estimate of drug-likeness (QED) is 0.906. The Hall–Kier alpha value is -1.32. The van der Waals surface area contributed by atoms with Crippen LogP contribution in [0, 0.1) is 0 Å². The van der Waals surface area contributed by atoms with Gasteiger partial charge < -0.3 is 10.1 Å². The summed E-state index contributed by atoms with van der Waals surface area (Å²) in [5, 5.41) is 4.69. The van der Waals surface area contributed by atoms with Crippen LogP contribution in [0.1, 0.15) is 6.92 Å². The second-order valence-electron chi connectivity index (χ2n) is 3.93. The third kappa shape index (κ3) is 2.68. The molecule has 1 heterocycles. The van der Waals surface area contributed by atoms with Crippen LogP contribution in [0.5, 0.6) is 5.75 Å². The van der Waals surface area contributed by atoms with Crippen LogP contribution in [-0.2, 0) is 0 Å². The number of halogens is 1. The molecule has 0 saturated carbocycles. The molecule has 0 bridgehead atoms. The summed E-state index contributed by atoms with van der Waals surface area (Å²) in [6, 6.07) is 7.52. The number of likely N-dealkylation sites (N-methyl/N-ethyl adjacent to an activating group) is 1. The molecule has 0 aliphatic heterocycles. The number of aromatic nitrogens is 1. The Balaban J connectivity index is 2.38. The van der Waals surface area contributed by atoms with Gasteiger partial charge in [0.25, 0.3) is 0 Å². The molecule has 3 nitrogen and oxygen atoms in total.